The summed E-state index contributed by atoms with van der Waals surface area (Å²) >= 11 is 2.02. The number of unbranched alkanes of at least 4 members (excludes halogenated alkanes) is 1. The largest absolute Gasteiger partial charge is 1.00 e. The first-order chi connectivity index (χ1) is 30.0. The van der Waals surface area contributed by atoms with Crippen molar-refractivity contribution < 1.29 is 172 Å². The molecule has 350 valence electrons. The van der Waals surface area contributed by atoms with Crippen LogP contribution in [-0.4, -0.2) is 118 Å². The van der Waals surface area contributed by atoms with Crippen LogP contribution in [0.4, 0.5) is 11.4 Å². The predicted molar refractivity (Wildman–Crippen MR) is 242 cm³/mol. The first-order valence-corrected chi connectivity index (χ1v) is 25.4. The fraction of sp³-hybridized carbons (Fsp3) is 0.477. The van der Waals surface area contributed by atoms with Crippen molar-refractivity contribution in [3.8, 4) is 11.5 Å². The van der Waals surface area contributed by atoms with Crippen molar-refractivity contribution in [2.45, 2.75) is 88.1 Å². The van der Waals surface area contributed by atoms with Crippen LogP contribution in [0.2, 0.25) is 0 Å². The summed E-state index contributed by atoms with van der Waals surface area (Å²) in [7, 11) is -7.61. The molecule has 0 spiro atoms. The van der Waals surface area contributed by atoms with Crippen molar-refractivity contribution in [3.63, 3.8) is 0 Å². The molecule has 0 bridgehead atoms. The summed E-state index contributed by atoms with van der Waals surface area (Å²) in [5.74, 6) is -2.15. The van der Waals surface area contributed by atoms with Gasteiger partial charge in [-0.15, -0.1) is 42.6 Å². The van der Waals surface area contributed by atoms with E-state index in [1.54, 1.807) is 30.5 Å². The minimum absolute atomic E-state index is 0. The molecule has 0 amide bonds. The number of rotatable bonds is 22. The van der Waals surface area contributed by atoms with Crippen LogP contribution >= 0.6 is 23.5 Å². The number of anilines is 1. The maximum absolute atomic E-state index is 14.0. The Morgan fingerprint density at radius 2 is 1.50 bits per heavy atom. The van der Waals surface area contributed by atoms with Crippen molar-refractivity contribution in [3.05, 3.63) is 89.2 Å². The normalized spacial score (nSPS) is 17.7. The number of benzene rings is 2. The van der Waals surface area contributed by atoms with Gasteiger partial charge in [0.25, 0.3) is 0 Å². The van der Waals surface area contributed by atoms with Crippen molar-refractivity contribution in [1.82, 2.24) is 0 Å². The third kappa shape index (κ3) is 15.1. The summed E-state index contributed by atoms with van der Waals surface area (Å²) in [5.41, 5.74) is 3.61. The average molecular weight is 1040 g/mol. The summed E-state index contributed by atoms with van der Waals surface area (Å²) in [4.78, 5) is 39.1. The summed E-state index contributed by atoms with van der Waals surface area (Å²) in [6.45, 7) is 15.7. The number of Topliss-reactive ketones (excluding diaryl/α,β-unsaturated/α-hetero) is 1. The summed E-state index contributed by atoms with van der Waals surface area (Å²) in [6.07, 6.45) is 7.83. The van der Waals surface area contributed by atoms with Crippen LogP contribution in [-0.2, 0) is 45.9 Å². The van der Waals surface area contributed by atoms with Gasteiger partial charge in [0.2, 0.25) is 5.69 Å². The third-order valence-electron chi connectivity index (χ3n) is 11.1. The second-order valence-corrected chi connectivity index (χ2v) is 20.3. The van der Waals surface area contributed by atoms with Gasteiger partial charge in [-0.3, -0.25) is 14.4 Å². The molecule has 2 heterocycles. The van der Waals surface area contributed by atoms with Gasteiger partial charge in [0.1, 0.15) is 28.5 Å². The molecule has 0 saturated heterocycles. The van der Waals surface area contributed by atoms with Crippen molar-refractivity contribution in [1.29, 1.82) is 0 Å². The van der Waals surface area contributed by atoms with Crippen LogP contribution < -0.4 is 122 Å². The first kappa shape index (κ1) is 60.8. The van der Waals surface area contributed by atoms with Gasteiger partial charge in [0, 0.05) is 57.9 Å². The number of carboxylic acid groups (broad SMARTS) is 2. The maximum atomic E-state index is 14.0. The van der Waals surface area contributed by atoms with E-state index in [1.807, 2.05) is 43.0 Å². The molecular weight excluding hydrogens is 987 g/mol. The van der Waals surface area contributed by atoms with E-state index in [0.29, 0.717) is 48.9 Å². The van der Waals surface area contributed by atoms with E-state index < -0.39 is 71.3 Å². The van der Waals surface area contributed by atoms with E-state index in [2.05, 4.69) is 32.3 Å². The second kappa shape index (κ2) is 26.7. The molecule has 16 nitrogen and oxygen atoms in total. The number of fused-ring (bicyclic) bond motifs is 2. The summed E-state index contributed by atoms with van der Waals surface area (Å²) < 4.78 is 74.2. The van der Waals surface area contributed by atoms with E-state index in [0.717, 1.165) is 64.6 Å². The number of allylic oxidation sites excluding steroid dienone is 5. The fourth-order valence-corrected chi connectivity index (χ4v) is 10.4. The zero-order chi connectivity index (χ0) is 47.7. The zero-order valence-electron chi connectivity index (χ0n) is 38.6. The minimum atomic E-state index is -4.50. The van der Waals surface area contributed by atoms with Gasteiger partial charge >= 0.3 is 125 Å². The molecule has 2 aromatic rings. The van der Waals surface area contributed by atoms with Gasteiger partial charge in [-0.1, -0.05) is 33.0 Å². The number of ether oxygens (including phenoxy) is 2. The summed E-state index contributed by atoms with van der Waals surface area (Å²) in [5, 5.41) is 30.8. The maximum Gasteiger partial charge on any atom is 1.00 e. The molecule has 1 aliphatic carbocycles. The van der Waals surface area contributed by atoms with Gasteiger partial charge in [-0.05, 0) is 87.1 Å². The Hall–Kier alpha value is -1.36. The minimum Gasteiger partial charge on any atom is -0.871 e. The Kier molecular flexibility index (Phi) is 24.6. The van der Waals surface area contributed by atoms with Crippen LogP contribution in [0.15, 0.2) is 71.2 Å². The molecule has 2 aromatic carbocycles. The molecule has 0 saturated carbocycles. The number of carboxylic acids is 2. The number of thioether (sulfide) groups is 2. The van der Waals surface area contributed by atoms with E-state index in [9.17, 15) is 42.7 Å². The van der Waals surface area contributed by atoms with Gasteiger partial charge in [-0.2, -0.15) is 4.58 Å². The zero-order valence-corrected chi connectivity index (χ0v) is 48.1. The number of hydrogen-bond donors (Lipinski definition) is 2. The van der Waals surface area contributed by atoms with Crippen LogP contribution in [0.25, 0.3) is 0 Å². The molecule has 0 fully saturated rings. The molecule has 3 aliphatic rings. The molecule has 2 atom stereocenters. The van der Waals surface area contributed by atoms with Gasteiger partial charge in [-0.25, -0.2) is 8.42 Å². The molecule has 5 rings (SSSR count). The van der Waals surface area contributed by atoms with E-state index in [-0.39, 0.29) is 133 Å². The van der Waals surface area contributed by atoms with E-state index in [4.69, 9.17) is 22.1 Å². The Balaban J connectivity index is 0.00000239. The smallest absolute Gasteiger partial charge is 0.871 e. The Bertz CT molecular complexity index is 2480. The average Bonchev–Trinajstić information content (AvgIpc) is 3.54. The van der Waals surface area contributed by atoms with E-state index >= 15 is 0 Å². The number of nitrogens with zero attached hydrogens (tertiary/aromatic N) is 2. The number of ketones is 1. The van der Waals surface area contributed by atoms with Crippen LogP contribution in [0.3, 0.4) is 0 Å². The monoisotopic (exact) mass is 1040 g/mol. The second-order valence-electron chi connectivity index (χ2n) is 16.2. The van der Waals surface area contributed by atoms with Crippen molar-refractivity contribution >= 4 is 79.1 Å². The fourth-order valence-electron chi connectivity index (χ4n) is 7.85. The number of carbonyl (C=O) groups excluding carboxylic acids is 1. The topological polar surface area (TPSA) is 248 Å². The Labute approximate surface area is 482 Å². The molecule has 66 heavy (non-hydrogen) atoms. The Morgan fingerprint density at radius 3 is 2.03 bits per heavy atom. The number of hydrogen-bond acceptors (Lipinski definition) is 15. The standard InChI is InChI=1S/C44H56N2O11S3.2K.O3S/c1-8-10-19-56-27-13-15-33-31(23-27)43(3,4)35(45(33)17-9-2)25-29-37(47)30(38(29)48)26-36-44(5,6)32-24-28(14-16-34(32)46(36)18-11-22-60(53,54)55)57-20-12-21-59-40(42(51)52)39(58-7)41(49)50;;;1-4(2)3/h13-16,23-26,39-40,47H,2,8-12,17-22H2,1,3-7H3,(H,49,50)(H,51,52)(H,53,54,55);;;/q;2*+1;/p-2. The predicted octanol–water partition coefficient (Wildman–Crippen LogP) is -1.02. The molecular formula is C44H54K2N2O14S4. The quantitative estimate of drug-likeness (QED) is 0.0358. The number of carbonyl (C=O) groups is 3. The first-order valence-electron chi connectivity index (χ1n) is 20.5. The molecule has 22 heteroatoms. The van der Waals surface area contributed by atoms with Gasteiger partial charge < -0.3 is 41.2 Å². The molecule has 2 unspecified atom stereocenters. The van der Waals surface area contributed by atoms with Crippen LogP contribution in [0.1, 0.15) is 77.8 Å². The Morgan fingerprint density at radius 1 is 0.924 bits per heavy atom. The molecule has 0 radical (unpaired) electrons. The van der Waals surface area contributed by atoms with Crippen LogP contribution in [0, 0.1) is 6.92 Å². The molecule has 2 aliphatic heterocycles. The third-order valence-corrected chi connectivity index (χ3v) is 14.4. The number of aliphatic carboxylic acids is 2. The van der Waals surface area contributed by atoms with Crippen molar-refractivity contribution in [2.75, 3.05) is 49.0 Å². The van der Waals surface area contributed by atoms with Crippen LogP contribution in [0.5, 0.6) is 11.5 Å². The van der Waals surface area contributed by atoms with Gasteiger partial charge in [0.15, 0.2) is 11.5 Å². The molecule has 2 N–H and O–H groups in total. The van der Waals surface area contributed by atoms with Gasteiger partial charge in [0.05, 0.1) is 28.7 Å². The van der Waals surface area contributed by atoms with Crippen molar-refractivity contribution in [2.24, 2.45) is 0 Å². The SMILES string of the molecule is O=S(=O)=O.[CH2-]CC[N+]1=C(C=C2C(=O)C(/C=C3/N(CCCS(=O)(=O)[O-])c4ccc(OCCCSC(C(=O)O)C(SC)C(=O)O)cc4C3(C)C)=C2[O-])C(C)(C)c2cc(OCCCC)ccc21.[K+].[K+]. The molecule has 0 aromatic heterocycles. The van der Waals surface area contributed by atoms with E-state index in [1.165, 1.54) is 0 Å². The summed E-state index contributed by atoms with van der Waals surface area (Å²) in [6, 6.07) is 11.4.